The summed E-state index contributed by atoms with van der Waals surface area (Å²) in [5, 5.41) is 8.85. The molecule has 1 aliphatic heterocycles. The summed E-state index contributed by atoms with van der Waals surface area (Å²) in [6.07, 6.45) is 3.48. The summed E-state index contributed by atoms with van der Waals surface area (Å²) in [6, 6.07) is 15.3. The number of nitrogens with zero attached hydrogens (tertiary/aromatic N) is 5. The molecule has 3 aromatic heterocycles. The van der Waals surface area contributed by atoms with Crippen molar-refractivity contribution < 1.29 is 13.9 Å². The number of furan rings is 1. The second-order valence-corrected chi connectivity index (χ2v) is 7.65. The molecule has 5 rings (SSSR count). The van der Waals surface area contributed by atoms with E-state index in [4.69, 9.17) is 9.15 Å². The second kappa shape index (κ2) is 7.88. The van der Waals surface area contributed by atoms with Gasteiger partial charge in [-0.05, 0) is 31.3 Å². The second-order valence-electron chi connectivity index (χ2n) is 7.65. The van der Waals surface area contributed by atoms with Gasteiger partial charge < -0.3 is 14.1 Å². The van der Waals surface area contributed by atoms with Gasteiger partial charge in [0, 0.05) is 37.0 Å². The number of methoxy groups -OCH3 is 1. The molecule has 1 fully saturated rings. The minimum absolute atomic E-state index is 0.0535. The summed E-state index contributed by atoms with van der Waals surface area (Å²) in [5.74, 6) is 1.07. The van der Waals surface area contributed by atoms with Crippen molar-refractivity contribution in [2.75, 3.05) is 33.8 Å². The van der Waals surface area contributed by atoms with Crippen LogP contribution in [0.15, 0.2) is 65.4 Å². The fourth-order valence-electron chi connectivity index (χ4n) is 4.10. The van der Waals surface area contributed by atoms with E-state index in [0.717, 1.165) is 34.6 Å². The van der Waals surface area contributed by atoms with Gasteiger partial charge in [-0.25, -0.2) is 4.52 Å². The van der Waals surface area contributed by atoms with Crippen molar-refractivity contribution in [1.29, 1.82) is 0 Å². The highest BCUT2D eigenvalue weighted by Crippen LogP contribution is 2.31. The van der Waals surface area contributed by atoms with E-state index in [9.17, 15) is 4.79 Å². The van der Waals surface area contributed by atoms with E-state index in [2.05, 4.69) is 21.3 Å². The number of benzene rings is 1. The molecule has 0 spiro atoms. The number of rotatable bonds is 4. The first-order valence-corrected chi connectivity index (χ1v) is 10.2. The highest BCUT2D eigenvalue weighted by Gasteiger charge is 2.32. The Bertz CT molecular complexity index is 1220. The minimum atomic E-state index is -0.0990. The third-order valence-electron chi connectivity index (χ3n) is 5.84. The van der Waals surface area contributed by atoms with Crippen LogP contribution in [0.25, 0.3) is 16.6 Å². The van der Waals surface area contributed by atoms with Gasteiger partial charge in [0.25, 0.3) is 5.91 Å². The van der Waals surface area contributed by atoms with Crippen LogP contribution in [0.1, 0.15) is 22.3 Å². The Morgan fingerprint density at radius 1 is 1.13 bits per heavy atom. The van der Waals surface area contributed by atoms with Crippen LogP contribution in [0.5, 0.6) is 5.75 Å². The first-order chi connectivity index (χ1) is 15.2. The average molecular weight is 417 g/mol. The lowest BCUT2D eigenvalue weighted by Crippen LogP contribution is -2.49. The molecule has 4 aromatic rings. The Balaban J connectivity index is 1.46. The van der Waals surface area contributed by atoms with Gasteiger partial charge in [0.2, 0.25) is 0 Å². The quantitative estimate of drug-likeness (QED) is 0.508. The van der Waals surface area contributed by atoms with Crippen molar-refractivity contribution in [3.05, 3.63) is 72.4 Å². The lowest BCUT2D eigenvalue weighted by atomic mass is 10.0. The molecule has 1 amide bonds. The molecule has 4 heterocycles. The van der Waals surface area contributed by atoms with Crippen molar-refractivity contribution in [1.82, 2.24) is 24.6 Å². The zero-order valence-electron chi connectivity index (χ0n) is 17.4. The maximum Gasteiger partial charge on any atom is 0.289 e. The molecule has 1 atom stereocenters. The summed E-state index contributed by atoms with van der Waals surface area (Å²) >= 11 is 0. The van der Waals surface area contributed by atoms with Crippen LogP contribution in [0, 0.1) is 0 Å². The monoisotopic (exact) mass is 417 g/mol. The molecule has 0 saturated carbocycles. The Labute approximate surface area is 179 Å². The summed E-state index contributed by atoms with van der Waals surface area (Å²) in [5.41, 5.74) is 3.76. The highest BCUT2D eigenvalue weighted by molar-refractivity contribution is 5.91. The summed E-state index contributed by atoms with van der Waals surface area (Å²) in [7, 11) is 3.72. The van der Waals surface area contributed by atoms with Crippen molar-refractivity contribution in [3.8, 4) is 16.9 Å². The Morgan fingerprint density at radius 3 is 2.81 bits per heavy atom. The first kappa shape index (κ1) is 19.3. The van der Waals surface area contributed by atoms with Crippen molar-refractivity contribution in [2.24, 2.45) is 0 Å². The van der Waals surface area contributed by atoms with Crippen molar-refractivity contribution in [2.45, 2.75) is 6.04 Å². The normalized spacial score (nSPS) is 17.2. The molecule has 0 radical (unpaired) electrons. The zero-order chi connectivity index (χ0) is 21.4. The predicted octanol–water partition coefficient (Wildman–Crippen LogP) is 3.13. The number of para-hydroxylation sites is 1. The van der Waals surface area contributed by atoms with Crippen LogP contribution in [0.3, 0.4) is 0 Å². The van der Waals surface area contributed by atoms with Crippen LogP contribution in [0.4, 0.5) is 0 Å². The Kier molecular flexibility index (Phi) is 4.91. The highest BCUT2D eigenvalue weighted by atomic mass is 16.5. The molecule has 8 heteroatoms. The fourth-order valence-corrected chi connectivity index (χ4v) is 4.10. The van der Waals surface area contributed by atoms with E-state index in [1.807, 2.05) is 48.5 Å². The zero-order valence-corrected chi connectivity index (χ0v) is 17.4. The molecule has 0 aliphatic carbocycles. The number of pyridine rings is 1. The molecule has 31 heavy (non-hydrogen) atoms. The summed E-state index contributed by atoms with van der Waals surface area (Å²) in [4.78, 5) is 16.8. The number of likely N-dealkylation sites (N-methyl/N-ethyl adjacent to an activating group) is 1. The lowest BCUT2D eigenvalue weighted by molar-refractivity contribution is 0.0513. The third-order valence-corrected chi connectivity index (χ3v) is 5.84. The van der Waals surface area contributed by atoms with Gasteiger partial charge in [-0.1, -0.05) is 29.5 Å². The number of fused-ring (bicyclic) bond motifs is 1. The lowest BCUT2D eigenvalue weighted by Gasteiger charge is -2.38. The average Bonchev–Trinajstić information content (AvgIpc) is 3.49. The van der Waals surface area contributed by atoms with Gasteiger partial charge in [0.15, 0.2) is 5.76 Å². The van der Waals surface area contributed by atoms with Crippen LogP contribution >= 0.6 is 0 Å². The van der Waals surface area contributed by atoms with Crippen LogP contribution in [0.2, 0.25) is 0 Å². The van der Waals surface area contributed by atoms with E-state index in [0.29, 0.717) is 18.8 Å². The van der Waals surface area contributed by atoms with E-state index in [-0.39, 0.29) is 11.9 Å². The minimum Gasteiger partial charge on any atom is -0.496 e. The third kappa shape index (κ3) is 3.44. The molecular weight excluding hydrogens is 394 g/mol. The van der Waals surface area contributed by atoms with Gasteiger partial charge in [-0.2, -0.15) is 0 Å². The summed E-state index contributed by atoms with van der Waals surface area (Å²) < 4.78 is 12.6. The fraction of sp³-hybridized carbons (Fsp3) is 0.261. The number of piperazine rings is 1. The van der Waals surface area contributed by atoms with E-state index in [1.54, 1.807) is 23.8 Å². The molecule has 158 valence electrons. The number of carbonyl (C=O) groups excluding carboxylic acids is 1. The molecule has 1 saturated heterocycles. The number of hydrogen-bond acceptors (Lipinski definition) is 6. The smallest absolute Gasteiger partial charge is 0.289 e. The summed E-state index contributed by atoms with van der Waals surface area (Å²) in [6.45, 7) is 1.91. The van der Waals surface area contributed by atoms with Gasteiger partial charge in [0.1, 0.15) is 11.4 Å². The number of amides is 1. The van der Waals surface area contributed by atoms with Gasteiger partial charge in [-0.3, -0.25) is 9.69 Å². The van der Waals surface area contributed by atoms with Crippen LogP contribution in [-0.4, -0.2) is 64.3 Å². The Hall–Kier alpha value is -3.65. The molecule has 1 unspecified atom stereocenters. The molecule has 1 aliphatic rings. The maximum atomic E-state index is 12.8. The molecular formula is C23H23N5O3. The van der Waals surface area contributed by atoms with Gasteiger partial charge in [0.05, 0.1) is 24.9 Å². The molecule has 0 bridgehead atoms. The van der Waals surface area contributed by atoms with Crippen molar-refractivity contribution in [3.63, 3.8) is 0 Å². The molecule has 8 nitrogen and oxygen atoms in total. The predicted molar refractivity (Wildman–Crippen MR) is 115 cm³/mol. The van der Waals surface area contributed by atoms with Crippen LogP contribution in [-0.2, 0) is 0 Å². The largest absolute Gasteiger partial charge is 0.496 e. The first-order valence-electron chi connectivity index (χ1n) is 10.2. The van der Waals surface area contributed by atoms with Gasteiger partial charge in [-0.15, -0.1) is 5.10 Å². The van der Waals surface area contributed by atoms with Gasteiger partial charge >= 0.3 is 0 Å². The van der Waals surface area contributed by atoms with Crippen molar-refractivity contribution >= 4 is 11.4 Å². The Morgan fingerprint density at radius 2 is 2.00 bits per heavy atom. The number of hydrogen-bond donors (Lipinski definition) is 0. The van der Waals surface area contributed by atoms with E-state index >= 15 is 0 Å². The number of aromatic nitrogens is 3. The van der Waals surface area contributed by atoms with E-state index in [1.165, 1.54) is 6.26 Å². The molecule has 1 aromatic carbocycles. The SMILES string of the molecule is COc1ccccc1-c1ccc2c(C3CN(C(=O)c4ccco4)CCN3C)nnn2c1. The maximum absolute atomic E-state index is 12.8. The standard InChI is InChI=1S/C23H23N5O3/c1-26-11-12-27(23(29)21-8-5-13-31-21)15-19(26)22-18-10-9-16(14-28(18)25-24-22)17-6-3-4-7-20(17)30-2/h3-10,13-14,19H,11-12,15H2,1-2H3. The number of ether oxygens (including phenoxy) is 1. The van der Waals surface area contributed by atoms with E-state index < -0.39 is 0 Å². The van der Waals surface area contributed by atoms with Crippen LogP contribution < -0.4 is 4.74 Å². The molecule has 0 N–H and O–H groups in total. The topological polar surface area (TPSA) is 76.1 Å². The number of carbonyl (C=O) groups is 1.